The summed E-state index contributed by atoms with van der Waals surface area (Å²) in [4.78, 5) is 12.3. The molecule has 1 unspecified atom stereocenters. The number of hydrogen-bond acceptors (Lipinski definition) is 2. The maximum atomic E-state index is 12.3. The van der Waals surface area contributed by atoms with Gasteiger partial charge in [-0.15, -0.1) is 0 Å². The van der Waals surface area contributed by atoms with E-state index in [2.05, 4.69) is 44.2 Å². The zero-order valence-corrected chi connectivity index (χ0v) is 13.0. The zero-order chi connectivity index (χ0) is 14.8. The molecule has 0 aromatic carbocycles. The molecule has 4 rings (SSSR count). The molecule has 0 amide bonds. The van der Waals surface area contributed by atoms with E-state index in [9.17, 15) is 4.79 Å². The van der Waals surface area contributed by atoms with Crippen molar-refractivity contribution in [3.05, 3.63) is 36.1 Å². The summed E-state index contributed by atoms with van der Waals surface area (Å²) >= 11 is 0. The highest BCUT2D eigenvalue weighted by Crippen LogP contribution is 2.62. The average molecular weight is 283 g/mol. The number of fused-ring (bicyclic) bond motifs is 5. The third-order valence-electron chi connectivity index (χ3n) is 7.11. The largest absolute Gasteiger partial charge is 0.399 e. The van der Waals surface area contributed by atoms with E-state index in [0.717, 1.165) is 25.0 Å². The SMILES string of the molecule is C[C@]12C=CC(N)=CC1C=C[C@@H]1[C@@H]2CC[C@]2(C)C(=O)CC[C@@H]12. The third-order valence-corrected chi connectivity index (χ3v) is 7.11. The number of ketones is 1. The molecule has 112 valence electrons. The Bertz CT molecular complexity index is 586. The predicted octanol–water partition coefficient (Wildman–Crippen LogP) is 3.60. The molecule has 2 heteroatoms. The van der Waals surface area contributed by atoms with Crippen LogP contribution in [-0.2, 0) is 4.79 Å². The van der Waals surface area contributed by atoms with Crippen molar-refractivity contribution in [2.75, 3.05) is 0 Å². The van der Waals surface area contributed by atoms with E-state index in [-0.39, 0.29) is 10.8 Å². The molecule has 0 bridgehead atoms. The van der Waals surface area contributed by atoms with Crippen molar-refractivity contribution in [1.29, 1.82) is 0 Å². The summed E-state index contributed by atoms with van der Waals surface area (Å²) in [5.74, 6) is 2.69. The molecule has 4 aliphatic carbocycles. The van der Waals surface area contributed by atoms with Crippen LogP contribution in [-0.4, -0.2) is 5.78 Å². The van der Waals surface area contributed by atoms with Gasteiger partial charge >= 0.3 is 0 Å². The standard InChI is InChI=1S/C19H25NO/c1-18-9-7-13(20)11-12(18)3-4-14-15-5-6-17(21)19(15,2)10-8-16(14)18/h3-4,7,9,11-12,14-16H,5-6,8,10,20H2,1-2H3/t12?,14-,15-,16-,18-,19-/m0/s1. The highest BCUT2D eigenvalue weighted by atomic mass is 16.1. The third kappa shape index (κ3) is 1.62. The molecule has 0 aromatic rings. The van der Waals surface area contributed by atoms with Gasteiger partial charge in [0.25, 0.3) is 0 Å². The molecule has 6 atom stereocenters. The fourth-order valence-corrected chi connectivity index (χ4v) is 5.67. The lowest BCUT2D eigenvalue weighted by atomic mass is 9.49. The average Bonchev–Trinajstić information content (AvgIpc) is 2.76. The van der Waals surface area contributed by atoms with Crippen LogP contribution in [0.5, 0.6) is 0 Å². The van der Waals surface area contributed by atoms with Crippen LogP contribution in [0.15, 0.2) is 36.1 Å². The van der Waals surface area contributed by atoms with Gasteiger partial charge in [0.1, 0.15) is 5.78 Å². The molecule has 4 aliphatic rings. The molecule has 2 fully saturated rings. The Morgan fingerprint density at radius 1 is 1.19 bits per heavy atom. The monoisotopic (exact) mass is 283 g/mol. The molecule has 2 saturated carbocycles. The quantitative estimate of drug-likeness (QED) is 0.690. The second-order valence-electron chi connectivity index (χ2n) is 7.99. The molecule has 0 aliphatic heterocycles. The number of hydrogen-bond donors (Lipinski definition) is 1. The Hall–Kier alpha value is -1.31. The summed E-state index contributed by atoms with van der Waals surface area (Å²) < 4.78 is 0. The number of nitrogens with two attached hydrogens (primary N) is 1. The van der Waals surface area contributed by atoms with E-state index in [4.69, 9.17) is 5.73 Å². The smallest absolute Gasteiger partial charge is 0.139 e. The van der Waals surface area contributed by atoms with E-state index in [1.807, 2.05) is 0 Å². The summed E-state index contributed by atoms with van der Waals surface area (Å²) in [6.45, 7) is 4.61. The summed E-state index contributed by atoms with van der Waals surface area (Å²) in [6.07, 6.45) is 15.5. The minimum atomic E-state index is -0.0536. The second kappa shape index (κ2) is 4.12. The van der Waals surface area contributed by atoms with Gasteiger partial charge in [0.05, 0.1) is 0 Å². The minimum absolute atomic E-state index is 0.0536. The first-order chi connectivity index (χ1) is 9.95. The van der Waals surface area contributed by atoms with Gasteiger partial charge in [0.15, 0.2) is 0 Å². The van der Waals surface area contributed by atoms with Crippen LogP contribution in [0, 0.1) is 34.5 Å². The fraction of sp³-hybridized carbons (Fsp3) is 0.632. The Labute approximate surface area is 127 Å². The highest BCUT2D eigenvalue weighted by molar-refractivity contribution is 5.87. The van der Waals surface area contributed by atoms with Crippen molar-refractivity contribution in [2.45, 2.75) is 39.5 Å². The lowest BCUT2D eigenvalue weighted by Crippen LogP contribution is -2.49. The summed E-state index contributed by atoms with van der Waals surface area (Å²) in [5, 5.41) is 0. The molecular weight excluding hydrogens is 258 g/mol. The number of carbonyl (C=O) groups is 1. The Balaban J connectivity index is 1.75. The maximum Gasteiger partial charge on any atom is 0.139 e. The van der Waals surface area contributed by atoms with Gasteiger partial charge in [-0.2, -0.15) is 0 Å². The van der Waals surface area contributed by atoms with Gasteiger partial charge in [0, 0.05) is 23.5 Å². The molecule has 0 heterocycles. The minimum Gasteiger partial charge on any atom is -0.399 e. The topological polar surface area (TPSA) is 43.1 Å². The summed E-state index contributed by atoms with van der Waals surface area (Å²) in [5.41, 5.74) is 7.00. The Kier molecular flexibility index (Phi) is 2.62. The molecule has 0 saturated heterocycles. The van der Waals surface area contributed by atoms with E-state index < -0.39 is 0 Å². The van der Waals surface area contributed by atoms with Crippen LogP contribution >= 0.6 is 0 Å². The lowest BCUT2D eigenvalue weighted by Gasteiger charge is -2.54. The number of Topliss-reactive ketones (excluding diaryl/α,β-unsaturated/α-hetero) is 1. The maximum absolute atomic E-state index is 12.3. The molecule has 0 aromatic heterocycles. The van der Waals surface area contributed by atoms with Gasteiger partial charge in [-0.1, -0.05) is 38.2 Å². The molecule has 0 radical (unpaired) electrons. The number of rotatable bonds is 0. The van der Waals surface area contributed by atoms with Crippen LogP contribution in [0.1, 0.15) is 39.5 Å². The van der Waals surface area contributed by atoms with Crippen LogP contribution < -0.4 is 5.73 Å². The van der Waals surface area contributed by atoms with Gasteiger partial charge in [-0.25, -0.2) is 0 Å². The zero-order valence-electron chi connectivity index (χ0n) is 13.0. The highest BCUT2D eigenvalue weighted by Gasteiger charge is 2.57. The number of allylic oxidation sites excluding steroid dienone is 5. The first-order valence-electron chi connectivity index (χ1n) is 8.33. The molecule has 2 N–H and O–H groups in total. The van der Waals surface area contributed by atoms with Crippen LogP contribution in [0.2, 0.25) is 0 Å². The molecular formula is C19H25NO. The van der Waals surface area contributed by atoms with Gasteiger partial charge in [0.2, 0.25) is 0 Å². The van der Waals surface area contributed by atoms with Crippen molar-refractivity contribution in [3.63, 3.8) is 0 Å². The Morgan fingerprint density at radius 2 is 2.00 bits per heavy atom. The van der Waals surface area contributed by atoms with Crippen molar-refractivity contribution < 1.29 is 4.79 Å². The normalized spacial score (nSPS) is 51.1. The van der Waals surface area contributed by atoms with E-state index in [1.165, 1.54) is 6.42 Å². The summed E-state index contributed by atoms with van der Waals surface area (Å²) in [7, 11) is 0. The predicted molar refractivity (Wildman–Crippen MR) is 84.2 cm³/mol. The summed E-state index contributed by atoms with van der Waals surface area (Å²) in [6, 6.07) is 0. The van der Waals surface area contributed by atoms with Crippen LogP contribution in [0.4, 0.5) is 0 Å². The molecule has 0 spiro atoms. The van der Waals surface area contributed by atoms with Gasteiger partial charge < -0.3 is 5.73 Å². The van der Waals surface area contributed by atoms with Gasteiger partial charge in [-0.05, 0) is 48.5 Å². The lowest BCUT2D eigenvalue weighted by molar-refractivity contribution is -0.130. The van der Waals surface area contributed by atoms with E-state index >= 15 is 0 Å². The van der Waals surface area contributed by atoms with Crippen LogP contribution in [0.25, 0.3) is 0 Å². The van der Waals surface area contributed by atoms with E-state index in [1.54, 1.807) is 0 Å². The van der Waals surface area contributed by atoms with E-state index in [0.29, 0.717) is 29.5 Å². The van der Waals surface area contributed by atoms with Gasteiger partial charge in [-0.3, -0.25) is 4.79 Å². The van der Waals surface area contributed by atoms with Crippen molar-refractivity contribution in [2.24, 2.45) is 40.2 Å². The van der Waals surface area contributed by atoms with Crippen LogP contribution in [0.3, 0.4) is 0 Å². The van der Waals surface area contributed by atoms with Crippen molar-refractivity contribution >= 4 is 5.78 Å². The first-order valence-corrected chi connectivity index (χ1v) is 8.33. The molecule has 2 nitrogen and oxygen atoms in total. The van der Waals surface area contributed by atoms with Crippen molar-refractivity contribution in [1.82, 2.24) is 0 Å². The van der Waals surface area contributed by atoms with Crippen molar-refractivity contribution in [3.8, 4) is 0 Å². The Morgan fingerprint density at radius 3 is 2.81 bits per heavy atom. The molecule has 21 heavy (non-hydrogen) atoms. The first kappa shape index (κ1) is 13.4. The fourth-order valence-electron chi connectivity index (χ4n) is 5.67. The second-order valence-corrected chi connectivity index (χ2v) is 7.99. The number of carbonyl (C=O) groups excluding carboxylic acids is 1.